The highest BCUT2D eigenvalue weighted by Gasteiger charge is 2.04. The summed E-state index contributed by atoms with van der Waals surface area (Å²) in [7, 11) is 0. The van der Waals surface area contributed by atoms with Crippen molar-refractivity contribution in [1.82, 2.24) is 9.97 Å². The van der Waals surface area contributed by atoms with Crippen LogP contribution in [0.5, 0.6) is 0 Å². The number of hydrogen-bond acceptors (Lipinski definition) is 2. The zero-order valence-electron chi connectivity index (χ0n) is 7.82. The molecular formula is C11H8F2N2. The van der Waals surface area contributed by atoms with Crippen LogP contribution >= 0.6 is 0 Å². The number of aromatic nitrogens is 2. The van der Waals surface area contributed by atoms with Gasteiger partial charge in [-0.15, -0.1) is 0 Å². The second-order valence-corrected chi connectivity index (χ2v) is 3.11. The monoisotopic (exact) mass is 206 g/mol. The fourth-order valence-corrected chi connectivity index (χ4v) is 1.28. The zero-order valence-corrected chi connectivity index (χ0v) is 7.82. The third-order valence-electron chi connectivity index (χ3n) is 2.03. The number of hydrogen-bond donors (Lipinski definition) is 0. The molecule has 0 radical (unpaired) electrons. The van der Waals surface area contributed by atoms with Crippen molar-refractivity contribution in [3.8, 4) is 0 Å². The lowest BCUT2D eigenvalue weighted by Crippen LogP contribution is -1.96. The topological polar surface area (TPSA) is 25.8 Å². The molecule has 1 aromatic carbocycles. The summed E-state index contributed by atoms with van der Waals surface area (Å²) in [6, 6.07) is 5.23. The molecule has 0 atom stereocenters. The van der Waals surface area contributed by atoms with Crippen LogP contribution in [0, 0.1) is 11.6 Å². The quantitative estimate of drug-likeness (QED) is 0.753. The summed E-state index contributed by atoms with van der Waals surface area (Å²) >= 11 is 0. The molecule has 76 valence electrons. The normalized spacial score (nSPS) is 10.3. The van der Waals surface area contributed by atoms with E-state index in [2.05, 4.69) is 9.97 Å². The van der Waals surface area contributed by atoms with Gasteiger partial charge in [-0.3, -0.25) is 0 Å². The van der Waals surface area contributed by atoms with Gasteiger partial charge in [0.15, 0.2) is 0 Å². The van der Waals surface area contributed by atoms with Gasteiger partial charge in [-0.1, -0.05) is 6.07 Å². The van der Waals surface area contributed by atoms with Crippen LogP contribution in [0.4, 0.5) is 8.78 Å². The lowest BCUT2D eigenvalue weighted by molar-refractivity contribution is 0.574. The van der Waals surface area contributed by atoms with Crippen LogP contribution < -0.4 is 0 Å². The van der Waals surface area contributed by atoms with Gasteiger partial charge in [0.1, 0.15) is 18.0 Å². The second-order valence-electron chi connectivity index (χ2n) is 3.11. The standard InChI is InChI=1S/C11H8F2N2/c12-9-2-1-8(11(13)6-9)5-10-3-4-14-7-15-10/h1-4,6-7H,5H2. The lowest BCUT2D eigenvalue weighted by Gasteiger charge is -2.02. The van der Waals surface area contributed by atoms with Crippen LogP contribution in [0.25, 0.3) is 0 Å². The minimum absolute atomic E-state index is 0.342. The first-order chi connectivity index (χ1) is 7.25. The maximum Gasteiger partial charge on any atom is 0.129 e. The third-order valence-corrected chi connectivity index (χ3v) is 2.03. The van der Waals surface area contributed by atoms with Gasteiger partial charge in [0, 0.05) is 24.4 Å². The molecule has 0 saturated carbocycles. The predicted molar refractivity (Wildman–Crippen MR) is 51.2 cm³/mol. The summed E-state index contributed by atoms with van der Waals surface area (Å²) < 4.78 is 25.9. The molecule has 0 aliphatic rings. The van der Waals surface area contributed by atoms with Crippen molar-refractivity contribution in [3.63, 3.8) is 0 Å². The van der Waals surface area contributed by atoms with Crippen molar-refractivity contribution in [2.45, 2.75) is 6.42 Å². The summed E-state index contributed by atoms with van der Waals surface area (Å²) in [6.45, 7) is 0. The molecule has 0 fully saturated rings. The Morgan fingerprint density at radius 2 is 2.00 bits per heavy atom. The van der Waals surface area contributed by atoms with E-state index < -0.39 is 11.6 Å². The van der Waals surface area contributed by atoms with Crippen LogP contribution in [-0.4, -0.2) is 9.97 Å². The van der Waals surface area contributed by atoms with Gasteiger partial charge in [0.2, 0.25) is 0 Å². The Kier molecular flexibility index (Phi) is 2.67. The Bertz CT molecular complexity index is 457. The maximum atomic E-state index is 13.3. The highest BCUT2D eigenvalue weighted by atomic mass is 19.1. The molecule has 4 heteroatoms. The first-order valence-electron chi connectivity index (χ1n) is 4.44. The first-order valence-corrected chi connectivity index (χ1v) is 4.44. The molecule has 2 nitrogen and oxygen atoms in total. The van der Waals surface area contributed by atoms with Gasteiger partial charge < -0.3 is 0 Å². The van der Waals surface area contributed by atoms with Crippen molar-refractivity contribution in [1.29, 1.82) is 0 Å². The fraction of sp³-hybridized carbons (Fsp3) is 0.0909. The van der Waals surface area contributed by atoms with Gasteiger partial charge in [-0.05, 0) is 17.7 Å². The van der Waals surface area contributed by atoms with Gasteiger partial charge in [-0.25, -0.2) is 18.7 Å². The molecule has 0 amide bonds. The molecule has 0 spiro atoms. The van der Waals surface area contributed by atoms with Gasteiger partial charge in [0.05, 0.1) is 0 Å². The zero-order chi connectivity index (χ0) is 10.7. The van der Waals surface area contributed by atoms with Gasteiger partial charge in [-0.2, -0.15) is 0 Å². The fourth-order valence-electron chi connectivity index (χ4n) is 1.28. The number of halogens is 2. The van der Waals surface area contributed by atoms with E-state index in [9.17, 15) is 8.78 Å². The average Bonchev–Trinajstić information content (AvgIpc) is 2.24. The molecule has 2 aromatic rings. The van der Waals surface area contributed by atoms with E-state index in [-0.39, 0.29) is 0 Å². The smallest absolute Gasteiger partial charge is 0.129 e. The van der Waals surface area contributed by atoms with E-state index in [1.807, 2.05) is 0 Å². The number of benzene rings is 1. The van der Waals surface area contributed by atoms with Crippen molar-refractivity contribution in [3.05, 3.63) is 59.7 Å². The van der Waals surface area contributed by atoms with Gasteiger partial charge >= 0.3 is 0 Å². The SMILES string of the molecule is Fc1ccc(Cc2ccncn2)c(F)c1. The Labute approximate surface area is 85.6 Å². The molecule has 1 heterocycles. The summed E-state index contributed by atoms with van der Waals surface area (Å²) in [6.07, 6.45) is 3.33. The van der Waals surface area contributed by atoms with Crippen LogP contribution in [-0.2, 0) is 6.42 Å². The third kappa shape index (κ3) is 2.34. The molecule has 0 aliphatic heterocycles. The van der Waals surface area contributed by atoms with E-state index in [0.29, 0.717) is 17.7 Å². The van der Waals surface area contributed by atoms with Crippen LogP contribution in [0.3, 0.4) is 0 Å². The molecule has 0 saturated heterocycles. The molecule has 15 heavy (non-hydrogen) atoms. The average molecular weight is 206 g/mol. The second kappa shape index (κ2) is 4.13. The van der Waals surface area contributed by atoms with Crippen LogP contribution in [0.2, 0.25) is 0 Å². The Balaban J connectivity index is 2.25. The summed E-state index contributed by atoms with van der Waals surface area (Å²) in [5.74, 6) is -1.12. The molecule has 2 rings (SSSR count). The van der Waals surface area contributed by atoms with Crippen LogP contribution in [0.1, 0.15) is 11.3 Å². The highest BCUT2D eigenvalue weighted by Crippen LogP contribution is 2.12. The van der Waals surface area contributed by atoms with Gasteiger partial charge in [0.25, 0.3) is 0 Å². The van der Waals surface area contributed by atoms with E-state index in [1.54, 1.807) is 12.3 Å². The number of rotatable bonds is 2. The van der Waals surface area contributed by atoms with E-state index in [4.69, 9.17) is 0 Å². The maximum absolute atomic E-state index is 13.3. The molecule has 0 N–H and O–H groups in total. The predicted octanol–water partition coefficient (Wildman–Crippen LogP) is 2.35. The molecular weight excluding hydrogens is 198 g/mol. The Morgan fingerprint density at radius 3 is 2.67 bits per heavy atom. The van der Waals surface area contributed by atoms with Crippen molar-refractivity contribution < 1.29 is 8.78 Å². The van der Waals surface area contributed by atoms with Crippen molar-refractivity contribution >= 4 is 0 Å². The summed E-state index contributed by atoms with van der Waals surface area (Å²) in [5, 5.41) is 0. The minimum Gasteiger partial charge on any atom is -0.245 e. The highest BCUT2D eigenvalue weighted by molar-refractivity contribution is 5.23. The minimum atomic E-state index is -0.570. The number of nitrogens with zero attached hydrogens (tertiary/aromatic N) is 2. The van der Waals surface area contributed by atoms with Crippen molar-refractivity contribution in [2.24, 2.45) is 0 Å². The summed E-state index contributed by atoms with van der Waals surface area (Å²) in [4.78, 5) is 7.72. The summed E-state index contributed by atoms with van der Waals surface area (Å²) in [5.41, 5.74) is 1.13. The molecule has 1 aromatic heterocycles. The first kappa shape index (κ1) is 9.71. The Morgan fingerprint density at radius 1 is 1.13 bits per heavy atom. The van der Waals surface area contributed by atoms with E-state index in [1.165, 1.54) is 18.5 Å². The largest absolute Gasteiger partial charge is 0.245 e. The molecule has 0 bridgehead atoms. The van der Waals surface area contributed by atoms with Crippen molar-refractivity contribution in [2.75, 3.05) is 0 Å². The van der Waals surface area contributed by atoms with E-state index >= 15 is 0 Å². The Hall–Kier alpha value is -1.84. The lowest BCUT2D eigenvalue weighted by atomic mass is 10.1. The van der Waals surface area contributed by atoms with E-state index in [0.717, 1.165) is 6.07 Å². The molecule has 0 unspecified atom stereocenters. The molecule has 0 aliphatic carbocycles. The van der Waals surface area contributed by atoms with Crippen LogP contribution in [0.15, 0.2) is 36.8 Å².